The summed E-state index contributed by atoms with van der Waals surface area (Å²) < 4.78 is 5.85. The number of aryl methyl sites for hydroxylation is 1. The molecule has 2 atom stereocenters. The summed E-state index contributed by atoms with van der Waals surface area (Å²) in [6.07, 6.45) is 6.94. The molecule has 0 saturated carbocycles. The monoisotopic (exact) mass is 375 g/mol. The van der Waals surface area contributed by atoms with Crippen LogP contribution in [0.1, 0.15) is 34.5 Å². The van der Waals surface area contributed by atoms with Crippen molar-refractivity contribution in [2.45, 2.75) is 38.3 Å². The molecule has 3 aliphatic heterocycles. The first-order valence-corrected chi connectivity index (χ1v) is 10.1. The molecule has 2 bridgehead atoms. The van der Waals surface area contributed by atoms with Gasteiger partial charge in [-0.05, 0) is 74.5 Å². The van der Waals surface area contributed by atoms with Crippen LogP contribution in [0.4, 0.5) is 0 Å². The molecule has 0 unspecified atom stereocenters. The van der Waals surface area contributed by atoms with E-state index in [1.807, 2.05) is 43.5 Å². The molecule has 5 heterocycles. The van der Waals surface area contributed by atoms with Gasteiger partial charge in [0.1, 0.15) is 5.58 Å². The normalized spacial score (nSPS) is 26.5. The first kappa shape index (κ1) is 17.4. The average molecular weight is 375 g/mol. The quantitative estimate of drug-likeness (QED) is 0.757. The molecule has 3 aromatic rings. The van der Waals surface area contributed by atoms with Gasteiger partial charge in [-0.1, -0.05) is 18.2 Å². The second-order valence-corrected chi connectivity index (χ2v) is 8.16. The lowest BCUT2D eigenvalue weighted by Gasteiger charge is -2.51. The van der Waals surface area contributed by atoms with Crippen LogP contribution in [0.15, 0.2) is 53.2 Å². The van der Waals surface area contributed by atoms with Gasteiger partial charge in [0.25, 0.3) is 5.91 Å². The molecule has 1 N–H and O–H groups in total. The van der Waals surface area contributed by atoms with Crippen LogP contribution in [0.5, 0.6) is 0 Å². The van der Waals surface area contributed by atoms with Crippen LogP contribution in [0, 0.1) is 12.8 Å². The number of benzene rings is 1. The number of pyridine rings is 1. The number of aromatic nitrogens is 1. The molecule has 0 radical (unpaired) electrons. The van der Waals surface area contributed by atoms with Gasteiger partial charge in [0, 0.05) is 29.9 Å². The summed E-state index contributed by atoms with van der Waals surface area (Å²) in [6, 6.07) is 12.4. The Labute approximate surface area is 164 Å². The van der Waals surface area contributed by atoms with Crippen LogP contribution in [-0.2, 0) is 6.42 Å². The minimum atomic E-state index is -0.108. The van der Waals surface area contributed by atoms with Gasteiger partial charge in [0.2, 0.25) is 0 Å². The van der Waals surface area contributed by atoms with E-state index < -0.39 is 0 Å². The van der Waals surface area contributed by atoms with Crippen LogP contribution in [0.3, 0.4) is 0 Å². The summed E-state index contributed by atoms with van der Waals surface area (Å²) in [7, 11) is 0. The van der Waals surface area contributed by atoms with E-state index in [9.17, 15) is 4.79 Å². The van der Waals surface area contributed by atoms with Gasteiger partial charge in [0.15, 0.2) is 5.76 Å². The molecule has 6 rings (SSSR count). The first-order valence-electron chi connectivity index (χ1n) is 10.1. The second-order valence-electron chi connectivity index (χ2n) is 8.16. The highest BCUT2D eigenvalue weighted by atomic mass is 16.3. The van der Waals surface area contributed by atoms with Crippen LogP contribution < -0.4 is 5.32 Å². The molecule has 1 aromatic carbocycles. The van der Waals surface area contributed by atoms with E-state index in [1.165, 1.54) is 5.56 Å². The van der Waals surface area contributed by atoms with E-state index >= 15 is 0 Å². The van der Waals surface area contributed by atoms with E-state index in [2.05, 4.69) is 21.3 Å². The maximum atomic E-state index is 13.0. The fourth-order valence-corrected chi connectivity index (χ4v) is 4.85. The third kappa shape index (κ3) is 3.20. The first-order chi connectivity index (χ1) is 13.7. The summed E-state index contributed by atoms with van der Waals surface area (Å²) in [5.41, 5.74) is 3.12. The summed E-state index contributed by atoms with van der Waals surface area (Å²) in [4.78, 5) is 19.8. The van der Waals surface area contributed by atoms with Crippen molar-refractivity contribution < 1.29 is 9.21 Å². The number of piperidine rings is 3. The molecule has 5 nitrogen and oxygen atoms in total. The van der Waals surface area contributed by atoms with Crippen molar-refractivity contribution in [3.05, 3.63) is 65.7 Å². The maximum Gasteiger partial charge on any atom is 0.287 e. The summed E-state index contributed by atoms with van der Waals surface area (Å²) in [5, 5.41) is 4.29. The number of nitrogens with zero attached hydrogens (tertiary/aromatic N) is 2. The third-order valence-corrected chi connectivity index (χ3v) is 6.33. The zero-order valence-corrected chi connectivity index (χ0v) is 16.1. The van der Waals surface area contributed by atoms with E-state index in [1.54, 1.807) is 6.20 Å². The van der Waals surface area contributed by atoms with Crippen LogP contribution >= 0.6 is 0 Å². The highest BCUT2D eigenvalue weighted by Gasteiger charge is 2.43. The number of carbonyl (C=O) groups is 1. The lowest BCUT2D eigenvalue weighted by atomic mass is 9.76. The van der Waals surface area contributed by atoms with Crippen molar-refractivity contribution in [1.82, 2.24) is 15.2 Å². The SMILES string of the molecule is Cc1ccc2cc(C(=O)N[C@@H]3C4CCN(CC4)[C@H]3Cc3cccnc3)oc2c1. The Balaban J connectivity index is 1.38. The number of amides is 1. The molecular formula is C23H25N3O2. The van der Waals surface area contributed by atoms with Crippen LogP contribution in [0.2, 0.25) is 0 Å². The summed E-state index contributed by atoms with van der Waals surface area (Å²) in [6.45, 7) is 4.26. The van der Waals surface area contributed by atoms with E-state index in [0.717, 1.165) is 48.9 Å². The largest absolute Gasteiger partial charge is 0.451 e. The fraction of sp³-hybridized carbons (Fsp3) is 0.391. The predicted octanol–water partition coefficient (Wildman–Crippen LogP) is 3.57. The molecule has 0 aliphatic carbocycles. The zero-order chi connectivity index (χ0) is 19.1. The minimum absolute atomic E-state index is 0.108. The van der Waals surface area contributed by atoms with Gasteiger partial charge in [-0.2, -0.15) is 0 Å². The lowest BCUT2D eigenvalue weighted by Crippen LogP contribution is -2.64. The fourth-order valence-electron chi connectivity index (χ4n) is 4.85. The Kier molecular flexibility index (Phi) is 4.40. The van der Waals surface area contributed by atoms with Gasteiger partial charge in [-0.3, -0.25) is 14.7 Å². The highest BCUT2D eigenvalue weighted by Crippen LogP contribution is 2.34. The van der Waals surface area contributed by atoms with Crippen molar-refractivity contribution in [3.8, 4) is 0 Å². The van der Waals surface area contributed by atoms with Gasteiger partial charge in [-0.25, -0.2) is 0 Å². The molecule has 0 spiro atoms. The predicted molar refractivity (Wildman–Crippen MR) is 108 cm³/mol. The number of carbonyl (C=O) groups excluding carboxylic acids is 1. The molecule has 144 valence electrons. The van der Waals surface area contributed by atoms with Crippen molar-refractivity contribution >= 4 is 16.9 Å². The minimum Gasteiger partial charge on any atom is -0.451 e. The number of furan rings is 1. The Hall–Kier alpha value is -2.66. The lowest BCUT2D eigenvalue weighted by molar-refractivity contribution is 0.0131. The Morgan fingerprint density at radius 3 is 2.89 bits per heavy atom. The molecule has 28 heavy (non-hydrogen) atoms. The van der Waals surface area contributed by atoms with Gasteiger partial charge in [-0.15, -0.1) is 0 Å². The van der Waals surface area contributed by atoms with E-state index in [4.69, 9.17) is 4.42 Å². The van der Waals surface area contributed by atoms with Crippen LogP contribution in [0.25, 0.3) is 11.0 Å². The standard InChI is InChI=1S/C23H25N3O2/c1-15-4-5-18-13-21(28-20(18)11-15)23(27)25-22-17-6-9-26(10-7-17)19(22)12-16-3-2-8-24-14-16/h2-5,8,11,13-14,17,19,22H,6-7,9-10,12H2,1H3,(H,25,27)/t19-,22+/m0/s1. The van der Waals surface area contributed by atoms with Crippen molar-refractivity contribution in [2.75, 3.05) is 13.1 Å². The third-order valence-electron chi connectivity index (χ3n) is 6.33. The Morgan fingerprint density at radius 1 is 1.25 bits per heavy atom. The zero-order valence-electron chi connectivity index (χ0n) is 16.1. The molecular weight excluding hydrogens is 350 g/mol. The number of fused-ring (bicyclic) bond motifs is 4. The topological polar surface area (TPSA) is 58.4 Å². The molecule has 5 heteroatoms. The molecule has 3 aliphatic rings. The summed E-state index contributed by atoms with van der Waals surface area (Å²) in [5.74, 6) is 0.822. The summed E-state index contributed by atoms with van der Waals surface area (Å²) >= 11 is 0. The Morgan fingerprint density at radius 2 is 2.11 bits per heavy atom. The molecule has 3 saturated heterocycles. The smallest absolute Gasteiger partial charge is 0.287 e. The highest BCUT2D eigenvalue weighted by molar-refractivity contribution is 5.96. The van der Waals surface area contributed by atoms with Crippen LogP contribution in [-0.4, -0.2) is 41.0 Å². The molecule has 3 fully saturated rings. The van der Waals surface area contributed by atoms with E-state index in [-0.39, 0.29) is 11.9 Å². The molecule has 2 aromatic heterocycles. The van der Waals surface area contributed by atoms with Gasteiger partial charge < -0.3 is 9.73 Å². The van der Waals surface area contributed by atoms with Gasteiger partial charge in [0.05, 0.1) is 0 Å². The maximum absolute atomic E-state index is 13.0. The average Bonchev–Trinajstić information content (AvgIpc) is 3.14. The molecule has 1 amide bonds. The van der Waals surface area contributed by atoms with Crippen molar-refractivity contribution in [1.29, 1.82) is 0 Å². The van der Waals surface area contributed by atoms with Crippen molar-refractivity contribution in [2.24, 2.45) is 5.92 Å². The Bertz CT molecular complexity index is 990. The number of hydrogen-bond acceptors (Lipinski definition) is 4. The van der Waals surface area contributed by atoms with Crippen molar-refractivity contribution in [3.63, 3.8) is 0 Å². The number of hydrogen-bond donors (Lipinski definition) is 1. The second kappa shape index (κ2) is 7.06. The van der Waals surface area contributed by atoms with Gasteiger partial charge >= 0.3 is 0 Å². The number of nitrogens with one attached hydrogen (secondary N) is 1. The number of rotatable bonds is 4. The van der Waals surface area contributed by atoms with E-state index in [0.29, 0.717) is 17.7 Å².